The summed E-state index contributed by atoms with van der Waals surface area (Å²) in [6.45, 7) is 2.05. The summed E-state index contributed by atoms with van der Waals surface area (Å²) in [6, 6.07) is 21.0. The molecular weight excluding hydrogens is 440 g/mol. The van der Waals surface area contributed by atoms with Crippen molar-refractivity contribution in [1.82, 2.24) is 10.0 Å². The van der Waals surface area contributed by atoms with Gasteiger partial charge in [-0.2, -0.15) is 0 Å². The van der Waals surface area contributed by atoms with Gasteiger partial charge in [-0.15, -0.1) is 0 Å². The van der Waals surface area contributed by atoms with Crippen LogP contribution in [0.2, 0.25) is 0 Å². The molecule has 8 heteroatoms. The third-order valence-corrected chi connectivity index (χ3v) is 6.70. The van der Waals surface area contributed by atoms with Crippen molar-refractivity contribution >= 4 is 15.9 Å². The van der Waals surface area contributed by atoms with Gasteiger partial charge in [-0.25, -0.2) is 13.1 Å². The minimum atomic E-state index is -3.90. The fourth-order valence-corrected chi connectivity index (χ4v) is 4.69. The number of nitrogens with one attached hydrogen (secondary N) is 2. The zero-order chi connectivity index (χ0) is 23.8. The summed E-state index contributed by atoms with van der Waals surface area (Å²) in [7, 11) is -0.937. The van der Waals surface area contributed by atoms with Crippen molar-refractivity contribution in [2.45, 2.75) is 24.3 Å². The van der Waals surface area contributed by atoms with E-state index in [1.54, 1.807) is 7.11 Å². The second-order valence-electron chi connectivity index (χ2n) is 7.44. The van der Waals surface area contributed by atoms with Crippen molar-refractivity contribution in [2.24, 2.45) is 0 Å². The third kappa shape index (κ3) is 6.12. The monoisotopic (exact) mass is 468 g/mol. The molecule has 33 heavy (non-hydrogen) atoms. The molecular formula is C25H28N2O5S. The van der Waals surface area contributed by atoms with Crippen LogP contribution in [0.5, 0.6) is 11.5 Å². The Kier molecular flexibility index (Phi) is 8.08. The van der Waals surface area contributed by atoms with Crippen molar-refractivity contribution in [3.8, 4) is 11.5 Å². The Morgan fingerprint density at radius 1 is 0.909 bits per heavy atom. The minimum absolute atomic E-state index is 0.0874. The van der Waals surface area contributed by atoms with Crippen molar-refractivity contribution in [2.75, 3.05) is 20.8 Å². The van der Waals surface area contributed by atoms with E-state index >= 15 is 0 Å². The SMILES string of the molecule is COc1ccccc1C(C)NC(=O)c1ccc(OC)c(S(=O)(=O)NCCc2ccccc2)c1. The summed E-state index contributed by atoms with van der Waals surface area (Å²) in [5.41, 5.74) is 2.05. The van der Waals surface area contributed by atoms with Gasteiger partial charge in [-0.1, -0.05) is 48.5 Å². The number of sulfonamides is 1. The van der Waals surface area contributed by atoms with E-state index in [2.05, 4.69) is 10.0 Å². The Labute approximate surface area is 194 Å². The van der Waals surface area contributed by atoms with Crippen LogP contribution in [0.1, 0.15) is 34.5 Å². The normalized spacial score (nSPS) is 12.1. The highest BCUT2D eigenvalue weighted by molar-refractivity contribution is 7.89. The quantitative estimate of drug-likeness (QED) is 0.473. The second kappa shape index (κ2) is 11.0. The van der Waals surface area contributed by atoms with Crippen LogP contribution in [-0.4, -0.2) is 35.1 Å². The Hall–Kier alpha value is -3.36. The number of carbonyl (C=O) groups is 1. The first-order chi connectivity index (χ1) is 15.9. The van der Waals surface area contributed by atoms with Crippen LogP contribution in [0.3, 0.4) is 0 Å². The van der Waals surface area contributed by atoms with Crippen molar-refractivity contribution < 1.29 is 22.7 Å². The Balaban J connectivity index is 1.77. The van der Waals surface area contributed by atoms with Gasteiger partial charge in [0.05, 0.1) is 20.3 Å². The smallest absolute Gasteiger partial charge is 0.251 e. The van der Waals surface area contributed by atoms with E-state index in [9.17, 15) is 13.2 Å². The van der Waals surface area contributed by atoms with Gasteiger partial charge >= 0.3 is 0 Å². The van der Waals surface area contributed by atoms with Gasteiger partial charge in [0.1, 0.15) is 16.4 Å². The van der Waals surface area contributed by atoms with Gasteiger partial charge in [0.15, 0.2) is 0 Å². The largest absolute Gasteiger partial charge is 0.496 e. The number of hydrogen-bond donors (Lipinski definition) is 2. The molecule has 0 bridgehead atoms. The molecule has 0 fully saturated rings. The maximum absolute atomic E-state index is 13.0. The second-order valence-corrected chi connectivity index (χ2v) is 9.17. The van der Waals surface area contributed by atoms with Gasteiger partial charge in [0, 0.05) is 17.7 Å². The molecule has 0 aromatic heterocycles. The average Bonchev–Trinajstić information content (AvgIpc) is 2.84. The molecule has 3 aromatic rings. The lowest BCUT2D eigenvalue weighted by molar-refractivity contribution is 0.0939. The summed E-state index contributed by atoms with van der Waals surface area (Å²) < 4.78 is 39.1. The molecule has 3 aromatic carbocycles. The molecule has 174 valence electrons. The molecule has 0 aliphatic rings. The predicted octanol–water partition coefficient (Wildman–Crippen LogP) is 3.72. The topological polar surface area (TPSA) is 93.7 Å². The van der Waals surface area contributed by atoms with E-state index in [1.807, 2.05) is 61.5 Å². The number of amides is 1. The molecule has 2 N–H and O–H groups in total. The summed E-state index contributed by atoms with van der Waals surface area (Å²) in [5, 5.41) is 2.89. The zero-order valence-corrected chi connectivity index (χ0v) is 19.7. The first-order valence-electron chi connectivity index (χ1n) is 10.5. The van der Waals surface area contributed by atoms with Gasteiger partial charge < -0.3 is 14.8 Å². The van der Waals surface area contributed by atoms with Crippen LogP contribution in [0.15, 0.2) is 77.7 Å². The van der Waals surface area contributed by atoms with E-state index in [0.29, 0.717) is 12.2 Å². The van der Waals surface area contributed by atoms with Crippen LogP contribution in [0.4, 0.5) is 0 Å². The van der Waals surface area contributed by atoms with E-state index in [-0.39, 0.29) is 28.8 Å². The lowest BCUT2D eigenvalue weighted by Gasteiger charge is -2.18. The molecule has 0 radical (unpaired) electrons. The summed E-state index contributed by atoms with van der Waals surface area (Å²) in [4.78, 5) is 12.8. The molecule has 1 unspecified atom stereocenters. The average molecular weight is 469 g/mol. The number of carbonyl (C=O) groups excluding carboxylic acids is 1. The highest BCUT2D eigenvalue weighted by atomic mass is 32.2. The van der Waals surface area contributed by atoms with E-state index in [0.717, 1.165) is 11.1 Å². The van der Waals surface area contributed by atoms with Crippen LogP contribution in [0, 0.1) is 0 Å². The van der Waals surface area contributed by atoms with Crippen molar-refractivity contribution in [3.63, 3.8) is 0 Å². The molecule has 1 amide bonds. The number of rotatable bonds is 10. The standard InChI is InChI=1S/C25H28N2O5S/c1-18(21-11-7-8-12-22(21)31-2)27-25(28)20-13-14-23(32-3)24(17-20)33(29,30)26-16-15-19-9-5-4-6-10-19/h4-14,17-18,26H,15-16H2,1-3H3,(H,27,28). The lowest BCUT2D eigenvalue weighted by atomic mass is 10.1. The highest BCUT2D eigenvalue weighted by Crippen LogP contribution is 2.27. The molecule has 1 atom stereocenters. The van der Waals surface area contributed by atoms with Gasteiger partial charge in [0.2, 0.25) is 10.0 Å². The molecule has 0 spiro atoms. The van der Waals surface area contributed by atoms with E-state index in [4.69, 9.17) is 9.47 Å². The van der Waals surface area contributed by atoms with Crippen LogP contribution in [-0.2, 0) is 16.4 Å². The number of methoxy groups -OCH3 is 2. The predicted molar refractivity (Wildman–Crippen MR) is 127 cm³/mol. The summed E-state index contributed by atoms with van der Waals surface area (Å²) in [6.07, 6.45) is 0.541. The first kappa shape index (κ1) is 24.3. The Morgan fingerprint density at radius 2 is 1.58 bits per heavy atom. The van der Waals surface area contributed by atoms with Gasteiger partial charge in [0.25, 0.3) is 5.91 Å². The molecule has 3 rings (SSSR count). The summed E-state index contributed by atoms with van der Waals surface area (Å²) in [5.74, 6) is 0.416. The molecule has 0 saturated heterocycles. The Morgan fingerprint density at radius 3 is 2.27 bits per heavy atom. The molecule has 7 nitrogen and oxygen atoms in total. The van der Waals surface area contributed by atoms with E-state index < -0.39 is 15.9 Å². The maximum atomic E-state index is 13.0. The molecule has 0 aliphatic carbocycles. The number of hydrogen-bond acceptors (Lipinski definition) is 5. The molecule has 0 saturated carbocycles. The Bertz CT molecular complexity index is 1200. The molecule has 0 aliphatic heterocycles. The van der Waals surface area contributed by atoms with Crippen LogP contribution >= 0.6 is 0 Å². The number of benzene rings is 3. The van der Waals surface area contributed by atoms with Crippen LogP contribution < -0.4 is 19.5 Å². The minimum Gasteiger partial charge on any atom is -0.496 e. The van der Waals surface area contributed by atoms with Crippen LogP contribution in [0.25, 0.3) is 0 Å². The van der Waals surface area contributed by atoms with Crippen molar-refractivity contribution in [1.29, 1.82) is 0 Å². The zero-order valence-electron chi connectivity index (χ0n) is 18.9. The fourth-order valence-electron chi connectivity index (χ4n) is 3.46. The van der Waals surface area contributed by atoms with Crippen molar-refractivity contribution in [3.05, 3.63) is 89.5 Å². The lowest BCUT2D eigenvalue weighted by Crippen LogP contribution is -2.29. The molecule has 0 heterocycles. The highest BCUT2D eigenvalue weighted by Gasteiger charge is 2.22. The summed E-state index contributed by atoms with van der Waals surface area (Å²) >= 11 is 0. The number of ether oxygens (including phenoxy) is 2. The maximum Gasteiger partial charge on any atom is 0.251 e. The van der Waals surface area contributed by atoms with Gasteiger partial charge in [-0.05, 0) is 43.2 Å². The number of para-hydroxylation sites is 1. The first-order valence-corrected chi connectivity index (χ1v) is 12.0. The van der Waals surface area contributed by atoms with E-state index in [1.165, 1.54) is 25.3 Å². The van der Waals surface area contributed by atoms with Gasteiger partial charge in [-0.3, -0.25) is 4.79 Å². The fraction of sp³-hybridized carbons (Fsp3) is 0.240. The third-order valence-electron chi connectivity index (χ3n) is 5.22.